The van der Waals surface area contributed by atoms with Crippen molar-refractivity contribution in [1.82, 2.24) is 14.7 Å². The molecule has 6 nitrogen and oxygen atoms in total. The standard InChI is InChI=1S/C22H28FN3O3/c1-4-29-21(28)22(13-18-8-5-6-9-19(18)23)10-7-11-25(15-22)20(27)14-26-17(3)12-16(2)24-26/h5-6,8-9,12H,4,7,10-11,13-15H2,1-3H3/t22-/m1/s1. The average Bonchev–Trinajstić information content (AvgIpc) is 3.01. The molecule has 0 saturated carbocycles. The highest BCUT2D eigenvalue weighted by Crippen LogP contribution is 2.36. The van der Waals surface area contributed by atoms with Crippen molar-refractivity contribution >= 4 is 11.9 Å². The van der Waals surface area contributed by atoms with E-state index in [1.54, 1.807) is 34.7 Å². The second-order valence-electron chi connectivity index (χ2n) is 7.77. The number of nitrogens with zero attached hydrogens (tertiary/aromatic N) is 3. The first-order chi connectivity index (χ1) is 13.8. The van der Waals surface area contributed by atoms with Gasteiger partial charge in [-0.1, -0.05) is 18.2 Å². The molecule has 1 fully saturated rings. The van der Waals surface area contributed by atoms with Crippen molar-refractivity contribution < 1.29 is 18.7 Å². The molecule has 1 aliphatic heterocycles. The van der Waals surface area contributed by atoms with E-state index in [-0.39, 0.29) is 43.8 Å². The van der Waals surface area contributed by atoms with Gasteiger partial charge in [0.1, 0.15) is 12.4 Å². The van der Waals surface area contributed by atoms with Crippen LogP contribution >= 0.6 is 0 Å². The van der Waals surface area contributed by atoms with Gasteiger partial charge in [0.2, 0.25) is 5.91 Å². The Morgan fingerprint density at radius 3 is 2.69 bits per heavy atom. The van der Waals surface area contributed by atoms with Crippen molar-refractivity contribution in [3.8, 4) is 0 Å². The summed E-state index contributed by atoms with van der Waals surface area (Å²) in [6.07, 6.45) is 1.43. The summed E-state index contributed by atoms with van der Waals surface area (Å²) in [6.45, 7) is 6.70. The third-order valence-electron chi connectivity index (χ3n) is 5.51. The highest BCUT2D eigenvalue weighted by Gasteiger charge is 2.45. The monoisotopic (exact) mass is 401 g/mol. The summed E-state index contributed by atoms with van der Waals surface area (Å²) in [5.41, 5.74) is 1.29. The predicted molar refractivity (Wildman–Crippen MR) is 107 cm³/mol. The first kappa shape index (κ1) is 21.0. The minimum atomic E-state index is -0.943. The van der Waals surface area contributed by atoms with Gasteiger partial charge in [0.05, 0.1) is 17.7 Å². The summed E-state index contributed by atoms with van der Waals surface area (Å²) < 4.78 is 21.3. The maximum atomic E-state index is 14.3. The molecule has 1 aromatic heterocycles. The molecule has 1 saturated heterocycles. The summed E-state index contributed by atoms with van der Waals surface area (Å²) >= 11 is 0. The van der Waals surface area contributed by atoms with E-state index in [9.17, 15) is 14.0 Å². The molecule has 1 aromatic carbocycles. The van der Waals surface area contributed by atoms with Crippen molar-refractivity contribution in [2.24, 2.45) is 5.41 Å². The lowest BCUT2D eigenvalue weighted by atomic mass is 9.75. The molecule has 29 heavy (non-hydrogen) atoms. The fourth-order valence-corrected chi connectivity index (χ4v) is 4.08. The third kappa shape index (κ3) is 4.66. The minimum Gasteiger partial charge on any atom is -0.466 e. The van der Waals surface area contributed by atoms with Gasteiger partial charge in [-0.05, 0) is 57.7 Å². The molecule has 7 heteroatoms. The van der Waals surface area contributed by atoms with E-state index in [1.807, 2.05) is 19.9 Å². The molecule has 1 atom stereocenters. The number of amides is 1. The van der Waals surface area contributed by atoms with Crippen molar-refractivity contribution in [2.75, 3.05) is 19.7 Å². The second kappa shape index (κ2) is 8.76. The van der Waals surface area contributed by atoms with Gasteiger partial charge >= 0.3 is 5.97 Å². The van der Waals surface area contributed by atoms with Crippen LogP contribution in [0.25, 0.3) is 0 Å². The Hall–Kier alpha value is -2.70. The van der Waals surface area contributed by atoms with Gasteiger partial charge in [-0.15, -0.1) is 0 Å². The lowest BCUT2D eigenvalue weighted by Crippen LogP contribution is -2.52. The molecule has 0 unspecified atom stereocenters. The van der Waals surface area contributed by atoms with Crippen LogP contribution in [0.2, 0.25) is 0 Å². The number of benzene rings is 1. The number of likely N-dealkylation sites (tertiary alicyclic amines) is 1. The minimum absolute atomic E-state index is 0.0990. The highest BCUT2D eigenvalue weighted by atomic mass is 19.1. The number of carbonyl (C=O) groups is 2. The number of esters is 1. The molecule has 2 heterocycles. The maximum absolute atomic E-state index is 14.3. The van der Waals surface area contributed by atoms with E-state index >= 15 is 0 Å². The van der Waals surface area contributed by atoms with Crippen molar-refractivity contribution in [2.45, 2.75) is 46.6 Å². The largest absolute Gasteiger partial charge is 0.466 e. The van der Waals surface area contributed by atoms with E-state index in [4.69, 9.17) is 4.74 Å². The summed E-state index contributed by atoms with van der Waals surface area (Å²) in [6, 6.07) is 8.38. The van der Waals surface area contributed by atoms with E-state index < -0.39 is 5.41 Å². The first-order valence-corrected chi connectivity index (χ1v) is 10.0. The average molecular weight is 401 g/mol. The number of piperidine rings is 1. The molecule has 3 rings (SSSR count). The summed E-state index contributed by atoms with van der Waals surface area (Å²) in [4.78, 5) is 27.6. The Bertz CT molecular complexity index is 895. The molecule has 0 radical (unpaired) electrons. The van der Waals surface area contributed by atoms with Crippen molar-refractivity contribution in [3.05, 3.63) is 53.1 Å². The molecule has 0 aliphatic carbocycles. The fourth-order valence-electron chi connectivity index (χ4n) is 4.08. The van der Waals surface area contributed by atoms with Crippen LogP contribution in [0.3, 0.4) is 0 Å². The van der Waals surface area contributed by atoms with Crippen LogP contribution < -0.4 is 0 Å². The Morgan fingerprint density at radius 2 is 2.03 bits per heavy atom. The molecular weight excluding hydrogens is 373 g/mol. The van der Waals surface area contributed by atoms with Gasteiger partial charge < -0.3 is 9.64 Å². The lowest BCUT2D eigenvalue weighted by molar-refractivity contribution is -0.161. The zero-order valence-electron chi connectivity index (χ0n) is 17.3. The van der Waals surface area contributed by atoms with Crippen LogP contribution in [0.15, 0.2) is 30.3 Å². The van der Waals surface area contributed by atoms with E-state index in [0.717, 1.165) is 11.4 Å². The quantitative estimate of drug-likeness (QED) is 0.698. The Balaban J connectivity index is 1.83. The first-order valence-electron chi connectivity index (χ1n) is 10.0. The smallest absolute Gasteiger partial charge is 0.314 e. The van der Waals surface area contributed by atoms with Gasteiger partial charge in [0.15, 0.2) is 0 Å². The van der Waals surface area contributed by atoms with Gasteiger partial charge in [-0.2, -0.15) is 5.10 Å². The summed E-state index contributed by atoms with van der Waals surface area (Å²) in [7, 11) is 0. The van der Waals surface area contributed by atoms with Crippen LogP contribution in [0.5, 0.6) is 0 Å². The summed E-state index contributed by atoms with van der Waals surface area (Å²) in [5.74, 6) is -0.813. The zero-order chi connectivity index (χ0) is 21.0. The molecule has 0 N–H and O–H groups in total. The molecule has 1 aliphatic rings. The van der Waals surface area contributed by atoms with Crippen LogP contribution in [0.4, 0.5) is 4.39 Å². The Morgan fingerprint density at radius 1 is 1.28 bits per heavy atom. The van der Waals surface area contributed by atoms with E-state index in [0.29, 0.717) is 24.9 Å². The number of aromatic nitrogens is 2. The number of halogens is 1. The molecule has 1 amide bonds. The molecule has 2 aromatic rings. The SMILES string of the molecule is CCOC(=O)[C@@]1(Cc2ccccc2F)CCCN(C(=O)Cn2nc(C)cc2C)C1. The highest BCUT2D eigenvalue weighted by molar-refractivity contribution is 5.81. The van der Waals surface area contributed by atoms with Gasteiger partial charge in [0.25, 0.3) is 0 Å². The van der Waals surface area contributed by atoms with E-state index in [1.165, 1.54) is 6.07 Å². The lowest BCUT2D eigenvalue weighted by Gasteiger charge is -2.41. The normalized spacial score (nSPS) is 19.2. The molecular formula is C22H28FN3O3. The predicted octanol–water partition coefficient (Wildman–Crippen LogP) is 3.05. The number of hydrogen-bond donors (Lipinski definition) is 0. The third-order valence-corrected chi connectivity index (χ3v) is 5.51. The molecule has 0 bridgehead atoms. The molecule has 0 spiro atoms. The van der Waals surface area contributed by atoms with Crippen molar-refractivity contribution in [1.29, 1.82) is 0 Å². The fraction of sp³-hybridized carbons (Fsp3) is 0.500. The number of hydrogen-bond acceptors (Lipinski definition) is 4. The number of aryl methyl sites for hydroxylation is 2. The Labute approximate surface area is 170 Å². The van der Waals surface area contributed by atoms with Crippen LogP contribution in [-0.2, 0) is 27.3 Å². The van der Waals surface area contributed by atoms with Crippen LogP contribution in [0.1, 0.15) is 36.7 Å². The number of carbonyl (C=O) groups excluding carboxylic acids is 2. The number of ether oxygens (including phenoxy) is 1. The zero-order valence-corrected chi connectivity index (χ0v) is 17.3. The Kier molecular flexibility index (Phi) is 6.35. The van der Waals surface area contributed by atoms with Gasteiger partial charge in [-0.25, -0.2) is 4.39 Å². The second-order valence-corrected chi connectivity index (χ2v) is 7.77. The summed E-state index contributed by atoms with van der Waals surface area (Å²) in [5, 5.41) is 4.35. The van der Waals surface area contributed by atoms with Crippen LogP contribution in [0, 0.1) is 25.1 Å². The van der Waals surface area contributed by atoms with Gasteiger partial charge in [0, 0.05) is 18.8 Å². The van der Waals surface area contributed by atoms with Gasteiger partial charge in [-0.3, -0.25) is 14.3 Å². The number of rotatable bonds is 6. The maximum Gasteiger partial charge on any atom is 0.314 e. The van der Waals surface area contributed by atoms with E-state index in [2.05, 4.69) is 5.10 Å². The molecule has 156 valence electrons. The van der Waals surface area contributed by atoms with Crippen molar-refractivity contribution in [3.63, 3.8) is 0 Å². The topological polar surface area (TPSA) is 64.4 Å². The van der Waals surface area contributed by atoms with Crippen LogP contribution in [-0.4, -0.2) is 46.3 Å².